The largest absolute Gasteiger partial charge is 0.494 e. The van der Waals surface area contributed by atoms with Crippen molar-refractivity contribution in [3.05, 3.63) is 60.2 Å². The summed E-state index contributed by atoms with van der Waals surface area (Å²) in [5.41, 5.74) is 7.29. The van der Waals surface area contributed by atoms with Crippen LogP contribution in [0.25, 0.3) is 0 Å². The normalized spacial score (nSPS) is 9.96. The number of thiocarbonyl (C=S) groups is 1. The van der Waals surface area contributed by atoms with Gasteiger partial charge in [-0.25, -0.2) is 0 Å². The van der Waals surface area contributed by atoms with E-state index in [4.69, 9.17) is 17.0 Å². The zero-order chi connectivity index (χ0) is 17.9. The minimum atomic E-state index is -0.128. The number of hydrogen-bond acceptors (Lipinski definition) is 4. The van der Waals surface area contributed by atoms with E-state index in [1.807, 2.05) is 61.5 Å². The van der Waals surface area contributed by atoms with E-state index in [0.29, 0.717) is 17.5 Å². The van der Waals surface area contributed by atoms with Gasteiger partial charge in [0.15, 0.2) is 5.11 Å². The van der Waals surface area contributed by atoms with Gasteiger partial charge in [0.2, 0.25) is 5.91 Å². The molecular weight excluding hydrogens is 354 g/mol. The van der Waals surface area contributed by atoms with Gasteiger partial charge in [-0.15, -0.1) is 11.8 Å². The van der Waals surface area contributed by atoms with E-state index in [2.05, 4.69) is 16.2 Å². The summed E-state index contributed by atoms with van der Waals surface area (Å²) in [5.74, 6) is 1.82. The summed E-state index contributed by atoms with van der Waals surface area (Å²) in [6.45, 7) is 2.56. The number of ether oxygens (including phenoxy) is 1. The first-order chi connectivity index (χ1) is 12.2. The monoisotopic (exact) mass is 375 g/mol. The van der Waals surface area contributed by atoms with E-state index in [1.54, 1.807) is 11.8 Å². The molecule has 0 saturated heterocycles. The molecule has 5 nitrogen and oxygen atoms in total. The topological polar surface area (TPSA) is 62.4 Å². The van der Waals surface area contributed by atoms with Crippen LogP contribution in [0.15, 0.2) is 54.6 Å². The standard InChI is InChI=1S/C18H21N3O2S2/c1-2-23-16-10-8-15(9-11-16)19-18(24)21-20-17(22)13-25-12-14-6-4-3-5-7-14/h3-11H,2,12-13H2,1H3,(H,20,22)(H2,19,21,24). The second-order valence-electron chi connectivity index (χ2n) is 5.06. The molecule has 0 bridgehead atoms. The number of rotatable bonds is 7. The fourth-order valence-corrected chi connectivity index (χ4v) is 2.92. The van der Waals surface area contributed by atoms with Crippen LogP contribution in [-0.4, -0.2) is 23.4 Å². The molecule has 2 aromatic carbocycles. The molecule has 0 radical (unpaired) electrons. The molecule has 0 aliphatic rings. The van der Waals surface area contributed by atoms with E-state index in [1.165, 1.54) is 5.56 Å². The van der Waals surface area contributed by atoms with E-state index in [0.717, 1.165) is 17.2 Å². The smallest absolute Gasteiger partial charge is 0.248 e. The molecule has 25 heavy (non-hydrogen) atoms. The molecule has 0 aliphatic heterocycles. The van der Waals surface area contributed by atoms with Crippen LogP contribution < -0.4 is 20.9 Å². The lowest BCUT2D eigenvalue weighted by Crippen LogP contribution is -2.44. The Balaban J connectivity index is 1.64. The van der Waals surface area contributed by atoms with Gasteiger partial charge < -0.3 is 10.1 Å². The average molecular weight is 376 g/mol. The van der Waals surface area contributed by atoms with Gasteiger partial charge in [-0.05, 0) is 49.0 Å². The molecule has 0 unspecified atom stereocenters. The Labute approximate surface area is 157 Å². The zero-order valence-electron chi connectivity index (χ0n) is 14.0. The van der Waals surface area contributed by atoms with E-state index < -0.39 is 0 Å². The molecule has 0 atom stereocenters. The van der Waals surface area contributed by atoms with Gasteiger partial charge in [-0.2, -0.15) is 0 Å². The molecule has 132 valence electrons. The van der Waals surface area contributed by atoms with E-state index >= 15 is 0 Å². The van der Waals surface area contributed by atoms with Crippen molar-refractivity contribution in [1.82, 2.24) is 10.9 Å². The lowest BCUT2D eigenvalue weighted by atomic mass is 10.2. The SMILES string of the molecule is CCOc1ccc(NC(=S)NNC(=O)CSCc2ccccc2)cc1. The molecule has 0 aromatic heterocycles. The first-order valence-electron chi connectivity index (χ1n) is 7.87. The summed E-state index contributed by atoms with van der Waals surface area (Å²) in [6.07, 6.45) is 0. The van der Waals surface area contributed by atoms with Crippen LogP contribution in [0, 0.1) is 0 Å². The van der Waals surface area contributed by atoms with Gasteiger partial charge in [0.25, 0.3) is 0 Å². The Morgan fingerprint density at radius 3 is 2.48 bits per heavy atom. The highest BCUT2D eigenvalue weighted by Crippen LogP contribution is 2.15. The van der Waals surface area contributed by atoms with Crippen LogP contribution in [0.2, 0.25) is 0 Å². The highest BCUT2D eigenvalue weighted by Gasteiger charge is 2.03. The quantitative estimate of drug-likeness (QED) is 0.510. The number of nitrogens with one attached hydrogen (secondary N) is 3. The molecule has 0 aliphatic carbocycles. The summed E-state index contributed by atoms with van der Waals surface area (Å²) >= 11 is 6.70. The number of hydrazine groups is 1. The number of thioether (sulfide) groups is 1. The Hall–Kier alpha value is -2.25. The Morgan fingerprint density at radius 1 is 1.08 bits per heavy atom. The third-order valence-electron chi connectivity index (χ3n) is 3.08. The van der Waals surface area contributed by atoms with Gasteiger partial charge in [-0.1, -0.05) is 30.3 Å². The van der Waals surface area contributed by atoms with Crippen LogP contribution in [0.3, 0.4) is 0 Å². The zero-order valence-corrected chi connectivity index (χ0v) is 15.6. The molecule has 0 saturated carbocycles. The number of hydrogen-bond donors (Lipinski definition) is 3. The molecule has 1 amide bonds. The summed E-state index contributed by atoms with van der Waals surface area (Å²) in [5, 5.41) is 3.32. The summed E-state index contributed by atoms with van der Waals surface area (Å²) in [4.78, 5) is 11.8. The van der Waals surface area contributed by atoms with Crippen molar-refractivity contribution in [3.63, 3.8) is 0 Å². The van der Waals surface area contributed by atoms with Gasteiger partial charge >= 0.3 is 0 Å². The fourth-order valence-electron chi connectivity index (χ4n) is 1.96. The van der Waals surface area contributed by atoms with Crippen molar-refractivity contribution >= 4 is 40.7 Å². The summed E-state index contributed by atoms with van der Waals surface area (Å²) < 4.78 is 5.38. The van der Waals surface area contributed by atoms with Crippen LogP contribution in [0.5, 0.6) is 5.75 Å². The molecule has 0 heterocycles. The summed E-state index contributed by atoms with van der Waals surface area (Å²) in [6, 6.07) is 17.5. The van der Waals surface area contributed by atoms with Crippen molar-refractivity contribution in [2.45, 2.75) is 12.7 Å². The van der Waals surface area contributed by atoms with Crippen molar-refractivity contribution in [2.75, 3.05) is 17.7 Å². The van der Waals surface area contributed by atoms with Crippen LogP contribution >= 0.6 is 24.0 Å². The lowest BCUT2D eigenvalue weighted by Gasteiger charge is -2.12. The molecular formula is C18H21N3O2S2. The number of carbonyl (C=O) groups excluding carboxylic acids is 1. The number of amides is 1. The van der Waals surface area contributed by atoms with Crippen molar-refractivity contribution in [3.8, 4) is 5.75 Å². The highest BCUT2D eigenvalue weighted by molar-refractivity contribution is 7.99. The van der Waals surface area contributed by atoms with Crippen LogP contribution in [-0.2, 0) is 10.5 Å². The van der Waals surface area contributed by atoms with Crippen molar-refractivity contribution < 1.29 is 9.53 Å². The van der Waals surface area contributed by atoms with Crippen LogP contribution in [0.4, 0.5) is 5.69 Å². The molecule has 2 aromatic rings. The second-order valence-corrected chi connectivity index (χ2v) is 6.46. The van der Waals surface area contributed by atoms with Gasteiger partial charge in [0.05, 0.1) is 12.4 Å². The predicted molar refractivity (Wildman–Crippen MR) is 108 cm³/mol. The fraction of sp³-hybridized carbons (Fsp3) is 0.222. The maximum absolute atomic E-state index is 11.8. The van der Waals surface area contributed by atoms with Crippen LogP contribution in [0.1, 0.15) is 12.5 Å². The number of benzene rings is 2. The predicted octanol–water partition coefficient (Wildman–Crippen LogP) is 3.34. The second kappa shape index (κ2) is 10.6. The summed E-state index contributed by atoms with van der Waals surface area (Å²) in [7, 11) is 0. The lowest BCUT2D eigenvalue weighted by molar-refractivity contribution is -0.119. The number of carbonyl (C=O) groups is 1. The molecule has 0 fully saturated rings. The minimum Gasteiger partial charge on any atom is -0.494 e. The Kier molecular flexibility index (Phi) is 8.08. The molecule has 2 rings (SSSR count). The maximum Gasteiger partial charge on any atom is 0.248 e. The van der Waals surface area contributed by atoms with Crippen molar-refractivity contribution in [2.24, 2.45) is 0 Å². The first kappa shape index (κ1) is 19.1. The van der Waals surface area contributed by atoms with E-state index in [-0.39, 0.29) is 5.91 Å². The third-order valence-corrected chi connectivity index (χ3v) is 4.29. The first-order valence-corrected chi connectivity index (χ1v) is 9.44. The molecule has 0 spiro atoms. The third kappa shape index (κ3) is 7.45. The van der Waals surface area contributed by atoms with Gasteiger partial charge in [0.1, 0.15) is 5.75 Å². The van der Waals surface area contributed by atoms with E-state index in [9.17, 15) is 4.79 Å². The molecule has 7 heteroatoms. The van der Waals surface area contributed by atoms with Gasteiger partial charge in [0, 0.05) is 11.4 Å². The van der Waals surface area contributed by atoms with Crippen molar-refractivity contribution in [1.29, 1.82) is 0 Å². The average Bonchev–Trinajstić information content (AvgIpc) is 2.63. The van der Waals surface area contributed by atoms with Gasteiger partial charge in [-0.3, -0.25) is 15.6 Å². The minimum absolute atomic E-state index is 0.128. The highest BCUT2D eigenvalue weighted by atomic mass is 32.2. The number of anilines is 1. The molecule has 3 N–H and O–H groups in total. The Morgan fingerprint density at radius 2 is 1.80 bits per heavy atom. The maximum atomic E-state index is 11.8. The Bertz CT molecular complexity index is 678.